The van der Waals surface area contributed by atoms with Crippen LogP contribution in [0.5, 0.6) is 11.5 Å². The Morgan fingerprint density at radius 1 is 1.09 bits per heavy atom. The van der Waals surface area contributed by atoms with Crippen LogP contribution in [-0.4, -0.2) is 19.1 Å². The summed E-state index contributed by atoms with van der Waals surface area (Å²) in [5.41, 5.74) is 1.38. The summed E-state index contributed by atoms with van der Waals surface area (Å²) in [6.45, 7) is 0.985. The van der Waals surface area contributed by atoms with Gasteiger partial charge < -0.3 is 14.8 Å². The fourth-order valence-electron chi connectivity index (χ4n) is 2.18. The van der Waals surface area contributed by atoms with Crippen LogP contribution >= 0.6 is 0 Å². The summed E-state index contributed by atoms with van der Waals surface area (Å²) in [6, 6.07) is 16.3. The minimum absolute atomic E-state index is 0.0334. The molecule has 114 valence electrons. The Morgan fingerprint density at radius 3 is 2.57 bits per heavy atom. The van der Waals surface area contributed by atoms with Gasteiger partial charge in [-0.15, -0.1) is 0 Å². The van der Waals surface area contributed by atoms with E-state index in [-0.39, 0.29) is 5.57 Å². The van der Waals surface area contributed by atoms with E-state index in [1.807, 2.05) is 36.4 Å². The van der Waals surface area contributed by atoms with Gasteiger partial charge in [-0.2, -0.15) is 5.26 Å². The molecule has 0 aliphatic carbocycles. The average Bonchev–Trinajstić information content (AvgIpc) is 2.60. The van der Waals surface area contributed by atoms with E-state index in [0.29, 0.717) is 30.4 Å². The summed E-state index contributed by atoms with van der Waals surface area (Å²) in [6.07, 6.45) is 1.55. The molecule has 3 rings (SSSR count). The summed E-state index contributed by atoms with van der Waals surface area (Å²) in [4.78, 5) is 12.2. The van der Waals surface area contributed by atoms with Crippen LogP contribution in [0.4, 0.5) is 5.69 Å². The summed E-state index contributed by atoms with van der Waals surface area (Å²) < 4.78 is 10.9. The van der Waals surface area contributed by atoms with E-state index in [1.165, 1.54) is 0 Å². The lowest BCUT2D eigenvalue weighted by molar-refractivity contribution is -0.112. The van der Waals surface area contributed by atoms with Gasteiger partial charge in [0.2, 0.25) is 0 Å². The van der Waals surface area contributed by atoms with Crippen molar-refractivity contribution in [2.75, 3.05) is 18.5 Å². The van der Waals surface area contributed by atoms with Gasteiger partial charge in [-0.1, -0.05) is 30.3 Å². The Balaban J connectivity index is 1.78. The number of hydrogen-bond donors (Lipinski definition) is 1. The Hall–Kier alpha value is -3.26. The number of amides is 1. The van der Waals surface area contributed by atoms with E-state index in [1.54, 1.807) is 24.3 Å². The van der Waals surface area contributed by atoms with Crippen LogP contribution in [0.25, 0.3) is 6.08 Å². The number of fused-ring (bicyclic) bond motifs is 1. The van der Waals surface area contributed by atoms with Crippen molar-refractivity contribution < 1.29 is 14.3 Å². The quantitative estimate of drug-likeness (QED) is 0.699. The molecule has 2 aromatic carbocycles. The number of hydrogen-bond acceptors (Lipinski definition) is 4. The van der Waals surface area contributed by atoms with E-state index in [4.69, 9.17) is 9.47 Å². The third-order valence-corrected chi connectivity index (χ3v) is 3.28. The molecular weight excluding hydrogens is 292 g/mol. The summed E-state index contributed by atoms with van der Waals surface area (Å²) in [5.74, 6) is 0.766. The lowest BCUT2D eigenvalue weighted by Gasteiger charge is -2.18. The molecule has 0 bridgehead atoms. The zero-order chi connectivity index (χ0) is 16.1. The SMILES string of the molecule is N#C/C(=C\c1ccccc1)C(=O)Nc1ccc2c(c1)OCCO2. The van der Waals surface area contributed by atoms with Crippen LogP contribution in [0.3, 0.4) is 0 Å². The van der Waals surface area contributed by atoms with Crippen molar-refractivity contribution in [2.45, 2.75) is 0 Å². The van der Waals surface area contributed by atoms with Crippen molar-refractivity contribution in [3.05, 3.63) is 59.7 Å². The van der Waals surface area contributed by atoms with Crippen LogP contribution in [0.1, 0.15) is 5.56 Å². The first-order valence-corrected chi connectivity index (χ1v) is 7.14. The number of nitrogens with zero attached hydrogens (tertiary/aromatic N) is 1. The first kappa shape index (κ1) is 14.7. The largest absolute Gasteiger partial charge is 0.486 e. The minimum atomic E-state index is -0.465. The maximum absolute atomic E-state index is 12.2. The number of nitrogens with one attached hydrogen (secondary N) is 1. The fraction of sp³-hybridized carbons (Fsp3) is 0.111. The monoisotopic (exact) mass is 306 g/mol. The Kier molecular flexibility index (Phi) is 4.25. The van der Waals surface area contributed by atoms with Crippen LogP contribution in [0.2, 0.25) is 0 Å². The van der Waals surface area contributed by atoms with Crippen molar-refractivity contribution >= 4 is 17.7 Å². The molecule has 1 N–H and O–H groups in total. The minimum Gasteiger partial charge on any atom is -0.486 e. The number of carbonyl (C=O) groups excluding carboxylic acids is 1. The zero-order valence-electron chi connectivity index (χ0n) is 12.3. The molecule has 0 aromatic heterocycles. The Morgan fingerprint density at radius 2 is 1.83 bits per heavy atom. The highest BCUT2D eigenvalue weighted by atomic mass is 16.6. The van der Waals surface area contributed by atoms with Crippen LogP contribution in [0.15, 0.2) is 54.1 Å². The third kappa shape index (κ3) is 3.50. The van der Waals surface area contributed by atoms with E-state index >= 15 is 0 Å². The third-order valence-electron chi connectivity index (χ3n) is 3.28. The molecule has 0 spiro atoms. The predicted octanol–water partition coefficient (Wildman–Crippen LogP) is 3.00. The van der Waals surface area contributed by atoms with Crippen molar-refractivity contribution in [3.63, 3.8) is 0 Å². The van der Waals surface area contributed by atoms with Gasteiger partial charge in [0.05, 0.1) is 0 Å². The Bertz CT molecular complexity index is 792. The van der Waals surface area contributed by atoms with Gasteiger partial charge in [-0.05, 0) is 23.8 Å². The van der Waals surface area contributed by atoms with Gasteiger partial charge in [-0.3, -0.25) is 4.79 Å². The van der Waals surface area contributed by atoms with E-state index < -0.39 is 5.91 Å². The normalized spacial score (nSPS) is 13.1. The summed E-state index contributed by atoms with van der Waals surface area (Å²) in [5, 5.41) is 11.9. The van der Waals surface area contributed by atoms with Crippen LogP contribution < -0.4 is 14.8 Å². The van der Waals surface area contributed by atoms with E-state index in [0.717, 1.165) is 5.56 Å². The lowest BCUT2D eigenvalue weighted by atomic mass is 10.1. The molecule has 1 amide bonds. The summed E-state index contributed by atoms with van der Waals surface area (Å²) >= 11 is 0. The molecule has 0 atom stereocenters. The second-order valence-corrected chi connectivity index (χ2v) is 4.89. The predicted molar refractivity (Wildman–Crippen MR) is 86.1 cm³/mol. The second-order valence-electron chi connectivity index (χ2n) is 4.89. The lowest BCUT2D eigenvalue weighted by Crippen LogP contribution is -2.17. The smallest absolute Gasteiger partial charge is 0.266 e. The molecule has 0 radical (unpaired) electrons. The standard InChI is InChI=1S/C18H14N2O3/c19-12-14(10-13-4-2-1-3-5-13)18(21)20-15-6-7-16-17(11-15)23-9-8-22-16/h1-7,10-11H,8-9H2,(H,20,21)/b14-10+. The van der Waals surface area contributed by atoms with Crippen molar-refractivity contribution in [3.8, 4) is 17.6 Å². The molecular formula is C18H14N2O3. The van der Waals surface area contributed by atoms with Gasteiger partial charge in [0, 0.05) is 11.8 Å². The molecule has 5 nitrogen and oxygen atoms in total. The summed E-state index contributed by atoms with van der Waals surface area (Å²) in [7, 11) is 0. The van der Waals surface area contributed by atoms with E-state index in [9.17, 15) is 10.1 Å². The van der Waals surface area contributed by atoms with Gasteiger partial charge >= 0.3 is 0 Å². The fourth-order valence-corrected chi connectivity index (χ4v) is 2.18. The molecule has 23 heavy (non-hydrogen) atoms. The van der Waals surface area contributed by atoms with Gasteiger partial charge in [0.15, 0.2) is 11.5 Å². The number of carbonyl (C=O) groups is 1. The highest BCUT2D eigenvalue weighted by Gasteiger charge is 2.14. The number of benzene rings is 2. The average molecular weight is 306 g/mol. The molecule has 0 saturated heterocycles. The molecule has 1 aliphatic rings. The van der Waals surface area contributed by atoms with Gasteiger partial charge in [0.25, 0.3) is 5.91 Å². The molecule has 0 saturated carbocycles. The molecule has 0 unspecified atom stereocenters. The molecule has 5 heteroatoms. The molecule has 1 aliphatic heterocycles. The van der Waals surface area contributed by atoms with Gasteiger partial charge in [-0.25, -0.2) is 0 Å². The van der Waals surface area contributed by atoms with E-state index in [2.05, 4.69) is 5.32 Å². The molecule has 0 fully saturated rings. The first-order valence-electron chi connectivity index (χ1n) is 7.14. The number of ether oxygens (including phenoxy) is 2. The van der Waals surface area contributed by atoms with Gasteiger partial charge in [0.1, 0.15) is 24.9 Å². The topological polar surface area (TPSA) is 71.4 Å². The molecule has 2 aromatic rings. The number of rotatable bonds is 3. The van der Waals surface area contributed by atoms with Crippen molar-refractivity contribution in [1.82, 2.24) is 0 Å². The number of anilines is 1. The highest BCUT2D eigenvalue weighted by molar-refractivity contribution is 6.09. The maximum atomic E-state index is 12.2. The van der Waals surface area contributed by atoms with Crippen LogP contribution in [-0.2, 0) is 4.79 Å². The highest BCUT2D eigenvalue weighted by Crippen LogP contribution is 2.32. The first-order chi connectivity index (χ1) is 11.3. The molecule has 1 heterocycles. The zero-order valence-corrected chi connectivity index (χ0v) is 12.3. The van der Waals surface area contributed by atoms with Crippen molar-refractivity contribution in [2.24, 2.45) is 0 Å². The van der Waals surface area contributed by atoms with Crippen molar-refractivity contribution in [1.29, 1.82) is 5.26 Å². The second kappa shape index (κ2) is 6.67. The van der Waals surface area contributed by atoms with Crippen LogP contribution in [0, 0.1) is 11.3 Å². The number of nitriles is 1. The maximum Gasteiger partial charge on any atom is 0.266 e. The Labute approximate surface area is 133 Å².